The number of hydrogen-bond donors (Lipinski definition) is 0. The van der Waals surface area contributed by atoms with Crippen molar-refractivity contribution in [2.24, 2.45) is 0 Å². The van der Waals surface area contributed by atoms with E-state index in [2.05, 4.69) is 4.74 Å². The van der Waals surface area contributed by atoms with Gasteiger partial charge in [-0.05, 0) is 41.6 Å². The molecule has 0 N–H and O–H groups in total. The molecule has 0 aliphatic heterocycles. The average Bonchev–Trinajstić information content (AvgIpc) is 2.77. The van der Waals surface area contributed by atoms with Crippen molar-refractivity contribution in [3.8, 4) is 16.9 Å². The third-order valence-corrected chi connectivity index (χ3v) is 4.85. The Bertz CT molecular complexity index is 1150. The maximum Gasteiger partial charge on any atom is 0.427 e. The van der Waals surface area contributed by atoms with E-state index < -0.39 is 51.7 Å². The zero-order chi connectivity index (χ0) is 23.6. The molecular formula is C22H12F8OS. The van der Waals surface area contributed by atoms with E-state index in [-0.39, 0.29) is 23.3 Å². The van der Waals surface area contributed by atoms with Crippen molar-refractivity contribution in [3.05, 3.63) is 94.2 Å². The van der Waals surface area contributed by atoms with E-state index in [9.17, 15) is 35.1 Å². The number of ether oxygens (including phenoxy) is 1. The highest BCUT2D eigenvalue weighted by molar-refractivity contribution is 8.02. The maximum atomic E-state index is 14.4. The molecule has 0 radical (unpaired) electrons. The van der Waals surface area contributed by atoms with Crippen LogP contribution in [0.2, 0.25) is 0 Å². The lowest BCUT2D eigenvalue weighted by Crippen LogP contribution is -2.23. The molecule has 32 heavy (non-hydrogen) atoms. The van der Waals surface area contributed by atoms with Gasteiger partial charge in [-0.15, -0.1) is 0 Å². The monoisotopic (exact) mass is 476 g/mol. The molecule has 3 aromatic rings. The standard InChI is InChI=1S/C22H12F8OS/c1-32-21(28)19(26)12-4-2-11(3-5-12)13-6-7-18(15(23)8-13)31-22(29,30)14-9-16(24)20(27)17(25)10-14/h2-10H,1H3/b21-19-. The summed E-state index contributed by atoms with van der Waals surface area (Å²) in [5.74, 6) is -8.87. The van der Waals surface area contributed by atoms with Gasteiger partial charge in [-0.1, -0.05) is 42.1 Å². The maximum absolute atomic E-state index is 14.4. The second-order valence-electron chi connectivity index (χ2n) is 6.39. The lowest BCUT2D eigenvalue weighted by atomic mass is 10.0. The largest absolute Gasteiger partial charge is 0.427 e. The van der Waals surface area contributed by atoms with E-state index in [0.29, 0.717) is 17.3 Å². The number of hydrogen-bond acceptors (Lipinski definition) is 2. The minimum absolute atomic E-state index is 0.0414. The summed E-state index contributed by atoms with van der Waals surface area (Å²) in [5.41, 5.74) is -0.815. The highest BCUT2D eigenvalue weighted by atomic mass is 32.2. The molecule has 0 aliphatic rings. The Hall–Kier alpha value is -3.01. The van der Waals surface area contributed by atoms with E-state index >= 15 is 0 Å². The molecule has 0 spiro atoms. The molecule has 3 rings (SSSR count). The number of thioether (sulfide) groups is 1. The van der Waals surface area contributed by atoms with E-state index in [4.69, 9.17) is 0 Å². The number of halogens is 8. The molecule has 0 fully saturated rings. The van der Waals surface area contributed by atoms with Crippen LogP contribution >= 0.6 is 11.8 Å². The summed E-state index contributed by atoms with van der Waals surface area (Å²) < 4.78 is 114. The molecule has 3 aromatic carbocycles. The summed E-state index contributed by atoms with van der Waals surface area (Å²) in [6.07, 6.45) is -3.01. The van der Waals surface area contributed by atoms with Crippen LogP contribution in [0.25, 0.3) is 17.0 Å². The molecular weight excluding hydrogens is 464 g/mol. The van der Waals surface area contributed by atoms with Crippen LogP contribution in [0.1, 0.15) is 11.1 Å². The fourth-order valence-electron chi connectivity index (χ4n) is 2.70. The van der Waals surface area contributed by atoms with Crippen molar-refractivity contribution in [2.75, 3.05) is 6.26 Å². The van der Waals surface area contributed by atoms with Crippen molar-refractivity contribution in [2.45, 2.75) is 6.11 Å². The van der Waals surface area contributed by atoms with Crippen LogP contribution in [0.3, 0.4) is 0 Å². The van der Waals surface area contributed by atoms with Gasteiger partial charge in [0.05, 0.1) is 5.56 Å². The summed E-state index contributed by atoms with van der Waals surface area (Å²) in [6, 6.07) is 8.26. The van der Waals surface area contributed by atoms with Crippen LogP contribution in [0.5, 0.6) is 5.75 Å². The van der Waals surface area contributed by atoms with E-state index in [0.717, 1.165) is 12.1 Å². The van der Waals surface area contributed by atoms with Gasteiger partial charge in [0, 0.05) is 5.56 Å². The van der Waals surface area contributed by atoms with Gasteiger partial charge in [0.15, 0.2) is 40.0 Å². The number of alkyl halides is 2. The second kappa shape index (κ2) is 9.23. The highest BCUT2D eigenvalue weighted by Crippen LogP contribution is 2.36. The first-order valence-electron chi connectivity index (χ1n) is 8.75. The molecule has 0 atom stereocenters. The number of benzene rings is 3. The quantitative estimate of drug-likeness (QED) is 0.264. The molecule has 0 heterocycles. The lowest BCUT2D eigenvalue weighted by molar-refractivity contribution is -0.187. The Morgan fingerprint density at radius 1 is 0.781 bits per heavy atom. The Balaban J connectivity index is 1.85. The van der Waals surface area contributed by atoms with Gasteiger partial charge in [-0.3, -0.25) is 0 Å². The Morgan fingerprint density at radius 2 is 1.34 bits per heavy atom. The van der Waals surface area contributed by atoms with E-state index in [1.54, 1.807) is 0 Å². The highest BCUT2D eigenvalue weighted by Gasteiger charge is 2.37. The third-order valence-electron chi connectivity index (χ3n) is 4.31. The molecule has 0 bridgehead atoms. The molecule has 168 valence electrons. The van der Waals surface area contributed by atoms with Gasteiger partial charge >= 0.3 is 6.11 Å². The molecule has 0 unspecified atom stereocenters. The molecule has 0 saturated heterocycles. The van der Waals surface area contributed by atoms with Gasteiger partial charge in [0.1, 0.15) is 0 Å². The molecule has 0 saturated carbocycles. The van der Waals surface area contributed by atoms with E-state index in [1.807, 2.05) is 0 Å². The molecule has 0 aliphatic carbocycles. The fraction of sp³-hybridized carbons (Fsp3) is 0.0909. The SMILES string of the molecule is CS/C(F)=C(\F)c1ccc(-c2ccc(OC(F)(F)c3cc(F)c(F)c(F)c3)c(F)c2)cc1. The van der Waals surface area contributed by atoms with Crippen molar-refractivity contribution >= 4 is 17.6 Å². The first-order chi connectivity index (χ1) is 15.0. The molecule has 0 amide bonds. The third kappa shape index (κ3) is 4.90. The van der Waals surface area contributed by atoms with Gasteiger partial charge in [0.25, 0.3) is 0 Å². The van der Waals surface area contributed by atoms with Gasteiger partial charge < -0.3 is 4.74 Å². The predicted molar refractivity (Wildman–Crippen MR) is 105 cm³/mol. The Labute approximate surface area is 181 Å². The van der Waals surface area contributed by atoms with Crippen LogP contribution in [0, 0.1) is 23.3 Å². The normalized spacial score (nSPS) is 12.5. The minimum Gasteiger partial charge on any atom is -0.426 e. The summed E-state index contributed by atoms with van der Waals surface area (Å²) in [7, 11) is 0. The zero-order valence-corrected chi connectivity index (χ0v) is 16.9. The first-order valence-corrected chi connectivity index (χ1v) is 9.97. The van der Waals surface area contributed by atoms with Crippen LogP contribution in [0.4, 0.5) is 35.1 Å². The van der Waals surface area contributed by atoms with Crippen molar-refractivity contribution in [3.63, 3.8) is 0 Å². The topological polar surface area (TPSA) is 9.23 Å². The average molecular weight is 476 g/mol. The first kappa shape index (κ1) is 23.6. The van der Waals surface area contributed by atoms with Crippen LogP contribution < -0.4 is 4.74 Å². The van der Waals surface area contributed by atoms with Gasteiger partial charge in [-0.2, -0.15) is 13.2 Å². The fourth-order valence-corrected chi connectivity index (χ4v) is 2.99. The molecule has 1 nitrogen and oxygen atoms in total. The lowest BCUT2D eigenvalue weighted by Gasteiger charge is -2.19. The van der Waals surface area contributed by atoms with Gasteiger partial charge in [0.2, 0.25) is 0 Å². The van der Waals surface area contributed by atoms with Crippen LogP contribution in [-0.4, -0.2) is 6.26 Å². The molecule has 10 heteroatoms. The van der Waals surface area contributed by atoms with E-state index in [1.165, 1.54) is 36.6 Å². The smallest absolute Gasteiger partial charge is 0.426 e. The summed E-state index contributed by atoms with van der Waals surface area (Å²) >= 11 is 0.590. The minimum atomic E-state index is -4.37. The van der Waals surface area contributed by atoms with Crippen molar-refractivity contribution < 1.29 is 39.9 Å². The Kier molecular flexibility index (Phi) is 6.82. The zero-order valence-electron chi connectivity index (χ0n) is 16.0. The van der Waals surface area contributed by atoms with Crippen LogP contribution in [-0.2, 0) is 6.11 Å². The number of rotatable bonds is 6. The van der Waals surface area contributed by atoms with Crippen molar-refractivity contribution in [1.82, 2.24) is 0 Å². The Morgan fingerprint density at radius 3 is 1.88 bits per heavy atom. The summed E-state index contributed by atoms with van der Waals surface area (Å²) in [6.45, 7) is 0. The predicted octanol–water partition coefficient (Wildman–Crippen LogP) is 7.97. The molecule has 0 aromatic heterocycles. The summed E-state index contributed by atoms with van der Waals surface area (Å²) in [4.78, 5) is 0. The van der Waals surface area contributed by atoms with Gasteiger partial charge in [-0.25, -0.2) is 22.0 Å². The second-order valence-corrected chi connectivity index (χ2v) is 7.15. The summed E-state index contributed by atoms with van der Waals surface area (Å²) in [5, 5.41) is -1.01. The van der Waals surface area contributed by atoms with Crippen molar-refractivity contribution in [1.29, 1.82) is 0 Å². The van der Waals surface area contributed by atoms with Crippen LogP contribution in [0.15, 0.2) is 59.8 Å².